The monoisotopic (exact) mass is 303 g/mol. The number of carbonyl (C=O) groups is 2. The van der Waals surface area contributed by atoms with Gasteiger partial charge in [-0.25, -0.2) is 9.59 Å². The minimum atomic E-state index is -1.85. The lowest BCUT2D eigenvalue weighted by Gasteiger charge is -2.49. The lowest BCUT2D eigenvalue weighted by Crippen LogP contribution is -2.58. The largest absolute Gasteiger partial charge is 0.480 e. The van der Waals surface area contributed by atoms with Crippen molar-refractivity contribution in [2.75, 3.05) is 6.61 Å². The maximum atomic E-state index is 12.5. The number of amides is 1. The van der Waals surface area contributed by atoms with Gasteiger partial charge in [-0.2, -0.15) is 0 Å². The van der Waals surface area contributed by atoms with Crippen LogP contribution in [0.25, 0.3) is 0 Å². The van der Waals surface area contributed by atoms with Crippen molar-refractivity contribution in [3.63, 3.8) is 0 Å². The zero-order chi connectivity index (χ0) is 15.6. The van der Waals surface area contributed by atoms with Crippen LogP contribution in [0.5, 0.6) is 0 Å². The first-order valence-electron chi connectivity index (χ1n) is 7.32. The Kier molecular flexibility index (Phi) is 4.83. The standard InChI is InChI=1S/C14H22FNO5/c1-8(11(12(17)18)16-13(15)19)9-7-20-10-5-3-4-6-14(10,2)21-9/h8-11H,3-7H2,1-2H3,(H,16,19)(H,17,18)/t8-,9-,10?,11-,14?/m0/s1. The minimum absolute atomic E-state index is 0.0220. The van der Waals surface area contributed by atoms with Crippen LogP contribution in [0.2, 0.25) is 0 Å². The van der Waals surface area contributed by atoms with Gasteiger partial charge in [-0.15, -0.1) is 4.39 Å². The minimum Gasteiger partial charge on any atom is -0.480 e. The van der Waals surface area contributed by atoms with E-state index in [1.54, 1.807) is 6.92 Å². The van der Waals surface area contributed by atoms with Gasteiger partial charge in [0.15, 0.2) is 0 Å². The number of hydrogen-bond donors (Lipinski definition) is 2. The molecule has 0 aromatic carbocycles. The lowest BCUT2D eigenvalue weighted by atomic mass is 9.81. The SMILES string of the molecule is C[C@@H]([C@@H]1COC2CCCCC2(C)O1)[C@H](NC(=O)F)C(=O)O. The molecule has 2 fully saturated rings. The molecule has 0 spiro atoms. The number of fused-ring (bicyclic) bond motifs is 1. The summed E-state index contributed by atoms with van der Waals surface area (Å²) in [6, 6.07) is -1.33. The number of aliphatic carboxylic acids is 1. The number of carbonyl (C=O) groups excluding carboxylic acids is 1. The van der Waals surface area contributed by atoms with E-state index in [1.165, 1.54) is 0 Å². The zero-order valence-corrected chi connectivity index (χ0v) is 12.3. The van der Waals surface area contributed by atoms with Crippen molar-refractivity contribution in [1.29, 1.82) is 0 Å². The third-order valence-electron chi connectivity index (χ3n) is 4.60. The van der Waals surface area contributed by atoms with Crippen molar-refractivity contribution in [1.82, 2.24) is 5.32 Å². The second kappa shape index (κ2) is 6.27. The summed E-state index contributed by atoms with van der Waals surface area (Å²) >= 11 is 0. The second-order valence-electron chi connectivity index (χ2n) is 6.13. The predicted octanol–water partition coefficient (Wildman–Crippen LogP) is 1.87. The molecule has 0 bridgehead atoms. The topological polar surface area (TPSA) is 84.9 Å². The van der Waals surface area contributed by atoms with Crippen LogP contribution in [0.15, 0.2) is 0 Å². The molecule has 2 unspecified atom stereocenters. The Morgan fingerprint density at radius 2 is 2.14 bits per heavy atom. The number of hydrogen-bond acceptors (Lipinski definition) is 4. The van der Waals surface area contributed by atoms with Crippen molar-refractivity contribution in [3.05, 3.63) is 0 Å². The van der Waals surface area contributed by atoms with Gasteiger partial charge in [0.1, 0.15) is 6.04 Å². The first-order valence-corrected chi connectivity index (χ1v) is 7.32. The molecule has 6 nitrogen and oxygen atoms in total. The third-order valence-corrected chi connectivity index (χ3v) is 4.60. The van der Waals surface area contributed by atoms with Gasteiger partial charge in [-0.3, -0.25) is 0 Å². The first kappa shape index (κ1) is 16.2. The van der Waals surface area contributed by atoms with Gasteiger partial charge in [0.2, 0.25) is 0 Å². The summed E-state index contributed by atoms with van der Waals surface area (Å²) in [5.74, 6) is -1.88. The smallest absolute Gasteiger partial charge is 0.398 e. The third kappa shape index (κ3) is 3.52. The van der Waals surface area contributed by atoms with Crippen LogP contribution in [0.1, 0.15) is 39.5 Å². The quantitative estimate of drug-likeness (QED) is 0.612. The summed E-state index contributed by atoms with van der Waals surface area (Å²) < 4.78 is 24.4. The molecule has 21 heavy (non-hydrogen) atoms. The van der Waals surface area contributed by atoms with E-state index >= 15 is 0 Å². The van der Waals surface area contributed by atoms with Crippen molar-refractivity contribution >= 4 is 12.1 Å². The number of halogens is 1. The van der Waals surface area contributed by atoms with E-state index in [0.717, 1.165) is 25.7 Å². The highest BCUT2D eigenvalue weighted by Gasteiger charge is 2.47. The molecule has 5 atom stereocenters. The van der Waals surface area contributed by atoms with Crippen LogP contribution in [0, 0.1) is 5.92 Å². The Morgan fingerprint density at radius 3 is 2.76 bits per heavy atom. The summed E-state index contributed by atoms with van der Waals surface area (Å²) in [4.78, 5) is 21.7. The van der Waals surface area contributed by atoms with Gasteiger partial charge >= 0.3 is 12.1 Å². The number of nitrogens with one attached hydrogen (secondary N) is 1. The molecule has 0 aromatic heterocycles. The van der Waals surface area contributed by atoms with E-state index in [9.17, 15) is 14.0 Å². The van der Waals surface area contributed by atoms with Crippen molar-refractivity contribution in [2.45, 2.75) is 63.4 Å². The van der Waals surface area contributed by atoms with Crippen LogP contribution in [0.3, 0.4) is 0 Å². The second-order valence-corrected chi connectivity index (χ2v) is 6.13. The fraction of sp³-hybridized carbons (Fsp3) is 0.857. The molecule has 7 heteroatoms. The number of rotatable bonds is 4. The highest BCUT2D eigenvalue weighted by atomic mass is 19.1. The molecule has 1 aliphatic carbocycles. The summed E-state index contributed by atoms with van der Waals surface area (Å²) in [6.07, 6.45) is 1.61. The Hall–Kier alpha value is -1.21. The Bertz CT molecular complexity index is 418. The molecule has 0 aromatic rings. The maximum Gasteiger partial charge on any atom is 0.398 e. The fourth-order valence-electron chi connectivity index (χ4n) is 3.27. The molecule has 1 heterocycles. The zero-order valence-electron chi connectivity index (χ0n) is 12.3. The van der Waals surface area contributed by atoms with Crippen molar-refractivity contribution < 1.29 is 28.6 Å². The Labute approximate surface area is 123 Å². The van der Waals surface area contributed by atoms with Gasteiger partial charge < -0.3 is 19.9 Å². The van der Waals surface area contributed by atoms with E-state index in [4.69, 9.17) is 14.6 Å². The summed E-state index contributed by atoms with van der Waals surface area (Å²) in [5.41, 5.74) is -0.432. The number of carboxylic acid groups (broad SMARTS) is 1. The average molecular weight is 303 g/mol. The Balaban J connectivity index is 2.06. The number of ether oxygens (including phenoxy) is 2. The Morgan fingerprint density at radius 1 is 1.43 bits per heavy atom. The first-order chi connectivity index (χ1) is 9.83. The van der Waals surface area contributed by atoms with Crippen LogP contribution >= 0.6 is 0 Å². The summed E-state index contributed by atoms with van der Waals surface area (Å²) in [7, 11) is 0. The fourth-order valence-corrected chi connectivity index (χ4v) is 3.27. The van der Waals surface area contributed by atoms with E-state index in [1.807, 2.05) is 12.2 Å². The molecule has 1 amide bonds. The highest BCUT2D eigenvalue weighted by molar-refractivity contribution is 5.79. The van der Waals surface area contributed by atoms with Crippen LogP contribution in [0.4, 0.5) is 9.18 Å². The van der Waals surface area contributed by atoms with Gasteiger partial charge in [0.25, 0.3) is 0 Å². The molecule has 1 aliphatic heterocycles. The van der Waals surface area contributed by atoms with E-state index in [-0.39, 0.29) is 12.7 Å². The van der Waals surface area contributed by atoms with Crippen LogP contribution < -0.4 is 5.32 Å². The summed E-state index contributed by atoms with van der Waals surface area (Å²) in [5, 5.41) is 11.0. The molecule has 2 rings (SSSR count). The van der Waals surface area contributed by atoms with E-state index < -0.39 is 35.8 Å². The highest BCUT2D eigenvalue weighted by Crippen LogP contribution is 2.39. The maximum absolute atomic E-state index is 12.5. The number of carboxylic acids is 1. The predicted molar refractivity (Wildman–Crippen MR) is 71.7 cm³/mol. The normalized spacial score (nSPS) is 35.4. The van der Waals surface area contributed by atoms with Gasteiger partial charge in [-0.1, -0.05) is 19.8 Å². The van der Waals surface area contributed by atoms with Crippen LogP contribution in [-0.2, 0) is 14.3 Å². The summed E-state index contributed by atoms with van der Waals surface area (Å²) in [6.45, 7) is 3.85. The molecule has 2 aliphatic rings. The molecule has 120 valence electrons. The lowest BCUT2D eigenvalue weighted by molar-refractivity contribution is -0.255. The van der Waals surface area contributed by atoms with Gasteiger partial charge in [0.05, 0.1) is 24.4 Å². The molecule has 1 saturated carbocycles. The van der Waals surface area contributed by atoms with Crippen molar-refractivity contribution in [2.24, 2.45) is 5.92 Å². The molecular weight excluding hydrogens is 281 g/mol. The average Bonchev–Trinajstić information content (AvgIpc) is 2.42. The van der Waals surface area contributed by atoms with Crippen molar-refractivity contribution in [3.8, 4) is 0 Å². The van der Waals surface area contributed by atoms with Gasteiger partial charge in [0, 0.05) is 5.92 Å². The molecular formula is C14H22FNO5. The van der Waals surface area contributed by atoms with Crippen LogP contribution in [-0.4, -0.2) is 47.7 Å². The molecule has 2 N–H and O–H groups in total. The van der Waals surface area contributed by atoms with E-state index in [2.05, 4.69) is 0 Å². The molecule has 1 saturated heterocycles. The van der Waals surface area contributed by atoms with E-state index in [0.29, 0.717) is 0 Å². The molecule has 0 radical (unpaired) electrons. The van der Waals surface area contributed by atoms with Gasteiger partial charge in [-0.05, 0) is 19.8 Å².